The van der Waals surface area contributed by atoms with Crippen molar-refractivity contribution >= 4 is 12.2 Å². The minimum atomic E-state index is -0.666. The van der Waals surface area contributed by atoms with Crippen LogP contribution in [0.3, 0.4) is 0 Å². The molecule has 0 saturated heterocycles. The number of hydrogen-bond acceptors (Lipinski definition) is 4. The number of imide groups is 1. The highest BCUT2D eigenvalue weighted by molar-refractivity contribution is 5.88. The minimum absolute atomic E-state index is 0.308. The summed E-state index contributed by atoms with van der Waals surface area (Å²) in [5, 5.41) is 0. The molecule has 2 amide bonds. The molecular formula is C31H51NO4. The Bertz CT molecular complexity index is 782. The van der Waals surface area contributed by atoms with Crippen molar-refractivity contribution in [2.75, 3.05) is 6.54 Å². The lowest BCUT2D eigenvalue weighted by atomic mass is 9.66. The summed E-state index contributed by atoms with van der Waals surface area (Å²) in [7, 11) is 0. The van der Waals surface area contributed by atoms with Crippen molar-refractivity contribution in [3.05, 3.63) is 35.4 Å². The van der Waals surface area contributed by atoms with Gasteiger partial charge in [0.2, 0.25) is 0 Å². The predicted octanol–water partition coefficient (Wildman–Crippen LogP) is 8.96. The third-order valence-electron chi connectivity index (χ3n) is 6.93. The van der Waals surface area contributed by atoms with Gasteiger partial charge in [0.15, 0.2) is 0 Å². The van der Waals surface area contributed by atoms with Gasteiger partial charge in [-0.05, 0) is 90.2 Å². The van der Waals surface area contributed by atoms with Gasteiger partial charge in [-0.3, -0.25) is 0 Å². The number of carbonyl (C=O) groups is 2. The zero-order valence-corrected chi connectivity index (χ0v) is 24.1. The fourth-order valence-corrected chi connectivity index (χ4v) is 5.20. The van der Waals surface area contributed by atoms with Gasteiger partial charge in [0.25, 0.3) is 0 Å². The van der Waals surface area contributed by atoms with Gasteiger partial charge >= 0.3 is 12.2 Å². The van der Waals surface area contributed by atoms with E-state index >= 15 is 0 Å². The predicted molar refractivity (Wildman–Crippen MR) is 147 cm³/mol. The van der Waals surface area contributed by atoms with Crippen molar-refractivity contribution < 1.29 is 19.1 Å². The van der Waals surface area contributed by atoms with Crippen molar-refractivity contribution in [2.24, 2.45) is 0 Å². The van der Waals surface area contributed by atoms with Crippen LogP contribution in [0.4, 0.5) is 9.59 Å². The lowest BCUT2D eigenvalue weighted by Crippen LogP contribution is -2.44. The van der Waals surface area contributed by atoms with Gasteiger partial charge in [-0.2, -0.15) is 0 Å². The van der Waals surface area contributed by atoms with E-state index in [1.165, 1.54) is 56.1 Å². The summed E-state index contributed by atoms with van der Waals surface area (Å²) in [4.78, 5) is 26.5. The maximum Gasteiger partial charge on any atom is 0.419 e. The van der Waals surface area contributed by atoms with Crippen molar-refractivity contribution in [3.63, 3.8) is 0 Å². The molecule has 0 aliphatic heterocycles. The number of unbranched alkanes of at least 4 members (excludes halogenated alkanes) is 3. The number of ether oxygens (including phenoxy) is 2. The zero-order valence-electron chi connectivity index (χ0n) is 24.1. The Kier molecular flexibility index (Phi) is 11.3. The molecule has 0 unspecified atom stereocenters. The number of hydrogen-bond donors (Lipinski definition) is 0. The molecule has 0 spiro atoms. The van der Waals surface area contributed by atoms with Gasteiger partial charge in [0, 0.05) is 6.54 Å². The molecule has 0 bridgehead atoms. The number of nitrogens with zero attached hydrogens (tertiary/aromatic N) is 1. The molecular weight excluding hydrogens is 450 g/mol. The van der Waals surface area contributed by atoms with Crippen molar-refractivity contribution in [1.82, 2.24) is 4.90 Å². The zero-order chi connectivity index (χ0) is 26.8. The van der Waals surface area contributed by atoms with Crippen LogP contribution in [-0.2, 0) is 21.3 Å². The van der Waals surface area contributed by atoms with Crippen LogP contribution >= 0.6 is 0 Å². The number of rotatable bonds is 10. The minimum Gasteiger partial charge on any atom is -0.443 e. The molecule has 5 heteroatoms. The Morgan fingerprint density at radius 2 is 1.33 bits per heavy atom. The summed E-state index contributed by atoms with van der Waals surface area (Å²) in [5.41, 5.74) is 1.93. The van der Waals surface area contributed by atoms with Crippen molar-refractivity contribution in [2.45, 2.75) is 142 Å². The second-order valence-electron chi connectivity index (χ2n) is 12.6. The maximum absolute atomic E-state index is 12.7. The van der Waals surface area contributed by atoms with Gasteiger partial charge < -0.3 is 9.47 Å². The molecule has 1 aromatic carbocycles. The largest absolute Gasteiger partial charge is 0.443 e. The summed E-state index contributed by atoms with van der Waals surface area (Å²) in [5.74, 6) is 0. The Hall–Kier alpha value is -2.04. The number of aryl methyl sites for hydroxylation is 1. The smallest absolute Gasteiger partial charge is 0.419 e. The Labute approximate surface area is 220 Å². The average Bonchev–Trinajstić information content (AvgIpc) is 2.77. The molecule has 1 aliphatic rings. The van der Waals surface area contributed by atoms with E-state index < -0.39 is 23.4 Å². The molecule has 5 nitrogen and oxygen atoms in total. The molecule has 0 heterocycles. The van der Waals surface area contributed by atoms with E-state index in [4.69, 9.17) is 9.47 Å². The maximum atomic E-state index is 12.7. The summed E-state index contributed by atoms with van der Waals surface area (Å²) >= 11 is 0. The van der Waals surface area contributed by atoms with E-state index in [1.54, 1.807) is 41.5 Å². The van der Waals surface area contributed by atoms with Crippen LogP contribution in [0, 0.1) is 0 Å². The van der Waals surface area contributed by atoms with E-state index in [1.807, 2.05) is 0 Å². The van der Waals surface area contributed by atoms with Crippen LogP contribution < -0.4 is 0 Å². The van der Waals surface area contributed by atoms with Crippen LogP contribution in [0.25, 0.3) is 0 Å². The first-order valence-electron chi connectivity index (χ1n) is 14.2. The second kappa shape index (κ2) is 13.5. The molecule has 1 aromatic rings. The van der Waals surface area contributed by atoms with E-state index in [9.17, 15) is 9.59 Å². The fourth-order valence-electron chi connectivity index (χ4n) is 5.20. The summed E-state index contributed by atoms with van der Waals surface area (Å²) in [6.07, 6.45) is 12.8. The number of carbonyl (C=O) groups excluding carboxylic acids is 2. The molecule has 36 heavy (non-hydrogen) atoms. The summed E-state index contributed by atoms with van der Waals surface area (Å²) in [6.45, 7) is 13.4. The van der Waals surface area contributed by atoms with Crippen molar-refractivity contribution in [3.8, 4) is 0 Å². The lowest BCUT2D eigenvalue weighted by Gasteiger charge is -2.38. The lowest BCUT2D eigenvalue weighted by molar-refractivity contribution is 0.00118. The van der Waals surface area contributed by atoms with Gasteiger partial charge in [-0.25, -0.2) is 14.5 Å². The normalized spacial score (nSPS) is 15.9. The molecule has 204 valence electrons. The molecule has 0 radical (unpaired) electrons. The topological polar surface area (TPSA) is 55.8 Å². The standard InChI is InChI=1S/C31H51NO4/c1-8-16-25-17-19-26(20-18-25)31(22-13-11-14-23-31)21-12-9-10-15-24-32(27(33)35-29(2,3)4)28(34)36-30(5,6)7/h17-20H,8-16,21-24H2,1-7H3. The Balaban J connectivity index is 1.91. The van der Waals surface area contributed by atoms with E-state index in [0.29, 0.717) is 12.0 Å². The second-order valence-corrected chi connectivity index (χ2v) is 12.6. The van der Waals surface area contributed by atoms with Gasteiger partial charge in [-0.1, -0.05) is 76.1 Å². The number of amides is 2. The Morgan fingerprint density at radius 1 is 0.806 bits per heavy atom. The molecule has 0 atom stereocenters. The SMILES string of the molecule is CCCc1ccc(C2(CCCCCCN(C(=O)OC(C)(C)C)C(=O)OC(C)(C)C)CCCCC2)cc1. The van der Waals surface area contributed by atoms with Crippen LogP contribution in [0.2, 0.25) is 0 Å². The summed E-state index contributed by atoms with van der Waals surface area (Å²) < 4.78 is 10.9. The molecule has 1 fully saturated rings. The highest BCUT2D eigenvalue weighted by Gasteiger charge is 2.33. The van der Waals surface area contributed by atoms with Crippen LogP contribution in [-0.4, -0.2) is 34.8 Å². The van der Waals surface area contributed by atoms with Gasteiger partial charge in [0.1, 0.15) is 11.2 Å². The molecule has 0 N–H and O–H groups in total. The third-order valence-corrected chi connectivity index (χ3v) is 6.93. The van der Waals surface area contributed by atoms with Crippen molar-refractivity contribution in [1.29, 1.82) is 0 Å². The van der Waals surface area contributed by atoms with E-state index in [2.05, 4.69) is 31.2 Å². The highest BCUT2D eigenvalue weighted by atomic mass is 16.6. The first-order valence-corrected chi connectivity index (χ1v) is 14.2. The number of benzene rings is 1. The molecule has 2 rings (SSSR count). The highest BCUT2D eigenvalue weighted by Crippen LogP contribution is 2.43. The van der Waals surface area contributed by atoms with E-state index in [-0.39, 0.29) is 0 Å². The molecule has 0 aromatic heterocycles. The van der Waals surface area contributed by atoms with Crippen LogP contribution in [0.15, 0.2) is 24.3 Å². The first-order chi connectivity index (χ1) is 16.9. The van der Waals surface area contributed by atoms with Crippen LogP contribution in [0.5, 0.6) is 0 Å². The van der Waals surface area contributed by atoms with Gasteiger partial charge in [0.05, 0.1) is 0 Å². The quantitative estimate of drug-likeness (QED) is 0.300. The summed E-state index contributed by atoms with van der Waals surface area (Å²) in [6, 6.07) is 9.43. The van der Waals surface area contributed by atoms with Crippen LogP contribution in [0.1, 0.15) is 130 Å². The van der Waals surface area contributed by atoms with E-state index in [0.717, 1.165) is 37.0 Å². The molecule has 1 saturated carbocycles. The average molecular weight is 502 g/mol. The monoisotopic (exact) mass is 501 g/mol. The molecule has 1 aliphatic carbocycles. The third kappa shape index (κ3) is 10.1. The first kappa shape index (κ1) is 30.2. The van der Waals surface area contributed by atoms with Gasteiger partial charge in [-0.15, -0.1) is 0 Å². The fraction of sp³-hybridized carbons (Fsp3) is 0.742. The Morgan fingerprint density at radius 3 is 1.83 bits per heavy atom.